The summed E-state index contributed by atoms with van der Waals surface area (Å²) in [7, 11) is 0. The molecule has 2 heterocycles. The molecular formula is C22H21N5O. The van der Waals surface area contributed by atoms with E-state index >= 15 is 0 Å². The van der Waals surface area contributed by atoms with Crippen LogP contribution in [-0.4, -0.2) is 25.5 Å². The number of benzene rings is 2. The van der Waals surface area contributed by atoms with E-state index in [0.29, 0.717) is 5.78 Å². The van der Waals surface area contributed by atoms with Gasteiger partial charge in [0.1, 0.15) is 0 Å². The molecule has 140 valence electrons. The summed E-state index contributed by atoms with van der Waals surface area (Å²) in [4.78, 5) is 21.2. The predicted molar refractivity (Wildman–Crippen MR) is 108 cm³/mol. The Hall–Kier alpha value is -3.54. The molecule has 0 bridgehead atoms. The maximum absolute atomic E-state index is 12.6. The van der Waals surface area contributed by atoms with E-state index in [1.54, 1.807) is 4.52 Å². The molecule has 4 rings (SSSR count). The molecule has 1 unspecified atom stereocenters. The fourth-order valence-corrected chi connectivity index (χ4v) is 3.20. The Balaban J connectivity index is 1.51. The molecule has 28 heavy (non-hydrogen) atoms. The lowest BCUT2D eigenvalue weighted by atomic mass is 10.0. The second-order valence-electron chi connectivity index (χ2n) is 6.87. The van der Waals surface area contributed by atoms with Crippen molar-refractivity contribution in [2.75, 3.05) is 0 Å². The van der Waals surface area contributed by atoms with Gasteiger partial charge in [-0.25, -0.2) is 9.50 Å². The number of rotatable bonds is 4. The van der Waals surface area contributed by atoms with Gasteiger partial charge in [-0.3, -0.25) is 4.79 Å². The Morgan fingerprint density at radius 2 is 1.64 bits per heavy atom. The maximum atomic E-state index is 12.6. The summed E-state index contributed by atoms with van der Waals surface area (Å²) in [6.45, 7) is 5.75. The predicted octanol–water partition coefficient (Wildman–Crippen LogP) is 3.90. The second-order valence-corrected chi connectivity index (χ2v) is 6.87. The smallest absolute Gasteiger partial charge is 0.291 e. The van der Waals surface area contributed by atoms with Crippen LogP contribution in [0.1, 0.15) is 40.5 Å². The van der Waals surface area contributed by atoms with E-state index in [0.717, 1.165) is 28.1 Å². The van der Waals surface area contributed by atoms with Gasteiger partial charge < -0.3 is 5.32 Å². The van der Waals surface area contributed by atoms with Crippen molar-refractivity contribution in [3.63, 3.8) is 0 Å². The van der Waals surface area contributed by atoms with Crippen LogP contribution in [-0.2, 0) is 0 Å². The van der Waals surface area contributed by atoms with Crippen molar-refractivity contribution in [3.8, 4) is 11.1 Å². The Bertz CT molecular complexity index is 1130. The van der Waals surface area contributed by atoms with E-state index in [4.69, 9.17) is 0 Å². The number of carbonyl (C=O) groups excluding carboxylic acids is 1. The van der Waals surface area contributed by atoms with Gasteiger partial charge in [-0.05, 0) is 43.5 Å². The highest BCUT2D eigenvalue weighted by atomic mass is 16.2. The number of hydrogen-bond acceptors (Lipinski definition) is 4. The molecule has 0 aliphatic heterocycles. The Kier molecular flexibility index (Phi) is 4.61. The van der Waals surface area contributed by atoms with E-state index in [-0.39, 0.29) is 17.8 Å². The molecule has 6 heteroatoms. The van der Waals surface area contributed by atoms with E-state index in [1.807, 2.05) is 57.2 Å². The average Bonchev–Trinajstić information content (AvgIpc) is 3.13. The summed E-state index contributed by atoms with van der Waals surface area (Å²) in [6, 6.07) is 20.1. The molecule has 0 spiro atoms. The van der Waals surface area contributed by atoms with Crippen molar-refractivity contribution in [2.45, 2.75) is 26.8 Å². The standard InChI is InChI=1S/C22H21N5O/c1-14-13-15(2)27-22(23-14)25-20(26-27)21(28)24-16(3)17-9-11-19(12-10-17)18-7-5-4-6-8-18/h4-13,16H,1-3H3,(H,24,28). The summed E-state index contributed by atoms with van der Waals surface area (Å²) in [5.41, 5.74) is 5.05. The maximum Gasteiger partial charge on any atom is 0.291 e. The first-order valence-electron chi connectivity index (χ1n) is 9.18. The lowest BCUT2D eigenvalue weighted by Crippen LogP contribution is -2.27. The topological polar surface area (TPSA) is 72.2 Å². The zero-order valence-corrected chi connectivity index (χ0v) is 16.0. The third-order valence-electron chi connectivity index (χ3n) is 4.69. The lowest BCUT2D eigenvalue weighted by Gasteiger charge is -2.13. The molecule has 4 aromatic rings. The van der Waals surface area contributed by atoms with Gasteiger partial charge in [0.2, 0.25) is 5.82 Å². The molecule has 0 fully saturated rings. The van der Waals surface area contributed by atoms with Gasteiger partial charge in [0.25, 0.3) is 11.7 Å². The van der Waals surface area contributed by atoms with E-state index in [9.17, 15) is 4.79 Å². The number of aryl methyl sites for hydroxylation is 2. The molecule has 0 aliphatic carbocycles. The van der Waals surface area contributed by atoms with Gasteiger partial charge in [-0.1, -0.05) is 54.6 Å². The minimum absolute atomic E-state index is 0.119. The minimum Gasteiger partial charge on any atom is -0.343 e. The second kappa shape index (κ2) is 7.23. The van der Waals surface area contributed by atoms with Crippen LogP contribution in [0.3, 0.4) is 0 Å². The third kappa shape index (κ3) is 3.49. The normalized spacial score (nSPS) is 12.1. The zero-order chi connectivity index (χ0) is 19.7. The van der Waals surface area contributed by atoms with Crippen LogP contribution in [0.4, 0.5) is 0 Å². The van der Waals surface area contributed by atoms with Crippen LogP contribution in [0.25, 0.3) is 16.9 Å². The molecule has 2 aromatic heterocycles. The summed E-state index contributed by atoms with van der Waals surface area (Å²) >= 11 is 0. The van der Waals surface area contributed by atoms with Gasteiger partial charge >= 0.3 is 0 Å². The average molecular weight is 371 g/mol. The van der Waals surface area contributed by atoms with Crippen molar-refractivity contribution in [1.29, 1.82) is 0 Å². The summed E-state index contributed by atoms with van der Waals surface area (Å²) < 4.78 is 1.58. The van der Waals surface area contributed by atoms with E-state index in [2.05, 4.69) is 44.6 Å². The first kappa shape index (κ1) is 17.9. The fourth-order valence-electron chi connectivity index (χ4n) is 3.20. The van der Waals surface area contributed by atoms with Crippen molar-refractivity contribution in [3.05, 3.63) is 83.4 Å². The molecular weight excluding hydrogens is 350 g/mol. The molecule has 1 N–H and O–H groups in total. The minimum atomic E-state index is -0.317. The van der Waals surface area contributed by atoms with Crippen LogP contribution >= 0.6 is 0 Å². The highest BCUT2D eigenvalue weighted by molar-refractivity contribution is 5.91. The monoisotopic (exact) mass is 371 g/mol. The highest BCUT2D eigenvalue weighted by Gasteiger charge is 2.17. The quantitative estimate of drug-likeness (QED) is 0.590. The number of fused-ring (bicyclic) bond motifs is 1. The van der Waals surface area contributed by atoms with Gasteiger partial charge in [0.15, 0.2) is 0 Å². The first-order chi connectivity index (χ1) is 13.5. The van der Waals surface area contributed by atoms with Gasteiger partial charge in [-0.2, -0.15) is 4.98 Å². The van der Waals surface area contributed by atoms with Crippen LogP contribution < -0.4 is 5.32 Å². The van der Waals surface area contributed by atoms with Crippen molar-refractivity contribution < 1.29 is 4.79 Å². The van der Waals surface area contributed by atoms with Crippen LogP contribution in [0.2, 0.25) is 0 Å². The van der Waals surface area contributed by atoms with Crippen LogP contribution in [0, 0.1) is 13.8 Å². The Morgan fingerprint density at radius 1 is 0.964 bits per heavy atom. The molecule has 2 aromatic carbocycles. The zero-order valence-electron chi connectivity index (χ0n) is 16.0. The van der Waals surface area contributed by atoms with Gasteiger partial charge in [0, 0.05) is 11.4 Å². The molecule has 0 saturated heterocycles. The fraction of sp³-hybridized carbons (Fsp3) is 0.182. The molecule has 6 nitrogen and oxygen atoms in total. The van der Waals surface area contributed by atoms with E-state index < -0.39 is 0 Å². The van der Waals surface area contributed by atoms with Gasteiger partial charge in [-0.15, -0.1) is 5.10 Å². The number of aromatic nitrogens is 4. The number of nitrogens with zero attached hydrogens (tertiary/aromatic N) is 4. The van der Waals surface area contributed by atoms with Crippen LogP contribution in [0.5, 0.6) is 0 Å². The number of nitrogens with one attached hydrogen (secondary N) is 1. The SMILES string of the molecule is Cc1cc(C)n2nc(C(=O)NC(C)c3ccc(-c4ccccc4)cc3)nc2n1. The number of carbonyl (C=O) groups is 1. The van der Waals surface area contributed by atoms with Crippen molar-refractivity contribution in [2.24, 2.45) is 0 Å². The molecule has 1 amide bonds. The Morgan fingerprint density at radius 3 is 2.36 bits per heavy atom. The lowest BCUT2D eigenvalue weighted by molar-refractivity contribution is 0.0929. The summed E-state index contributed by atoms with van der Waals surface area (Å²) in [5, 5.41) is 7.25. The molecule has 0 radical (unpaired) electrons. The van der Waals surface area contributed by atoms with Crippen LogP contribution in [0.15, 0.2) is 60.7 Å². The van der Waals surface area contributed by atoms with E-state index in [1.165, 1.54) is 0 Å². The van der Waals surface area contributed by atoms with Crippen molar-refractivity contribution >= 4 is 11.7 Å². The molecule has 0 saturated carbocycles. The molecule has 1 atom stereocenters. The summed E-state index contributed by atoms with van der Waals surface area (Å²) in [5.74, 6) is 0.235. The van der Waals surface area contributed by atoms with Gasteiger partial charge in [0.05, 0.1) is 6.04 Å². The summed E-state index contributed by atoms with van der Waals surface area (Å²) in [6.07, 6.45) is 0. The third-order valence-corrected chi connectivity index (χ3v) is 4.69. The van der Waals surface area contributed by atoms with Crippen molar-refractivity contribution in [1.82, 2.24) is 24.9 Å². The molecule has 0 aliphatic rings. The Labute approximate surface area is 163 Å². The number of hydrogen-bond donors (Lipinski definition) is 1. The first-order valence-corrected chi connectivity index (χ1v) is 9.18. The number of amides is 1. The highest BCUT2D eigenvalue weighted by Crippen LogP contribution is 2.22. The largest absolute Gasteiger partial charge is 0.343 e.